The molecule has 0 bridgehead atoms. The number of pyridine rings is 4. The number of aromatic nitrogens is 12. The maximum atomic E-state index is 13.3. The molecule has 0 aromatic carbocycles. The number of rotatable bonds is 13. The van der Waals surface area contributed by atoms with Gasteiger partial charge in [0.1, 0.15) is 36.3 Å². The number of aromatic amines is 1. The van der Waals surface area contributed by atoms with E-state index in [2.05, 4.69) is 45.5 Å². The van der Waals surface area contributed by atoms with Gasteiger partial charge in [-0.25, -0.2) is 29.5 Å². The van der Waals surface area contributed by atoms with Gasteiger partial charge in [0.15, 0.2) is 22.3 Å². The van der Waals surface area contributed by atoms with Gasteiger partial charge < -0.3 is 19.8 Å². The van der Waals surface area contributed by atoms with Crippen molar-refractivity contribution >= 4 is 68.9 Å². The summed E-state index contributed by atoms with van der Waals surface area (Å²) in [7, 11) is 2.85. The van der Waals surface area contributed by atoms with E-state index >= 15 is 0 Å². The Hall–Kier alpha value is -8.95. The van der Waals surface area contributed by atoms with Crippen molar-refractivity contribution in [2.45, 2.75) is 72.5 Å². The molecule has 0 radical (unpaired) electrons. The number of hydrogen-bond acceptors (Lipinski definition) is 14. The Morgan fingerprint density at radius 2 is 1.10 bits per heavy atom. The SMILES string of the molecule is CC(=O)CCCl.CC(=O)CCn1c(=O)c2c(ncn2CC(=O)Nc2cccc(-c3cnc(C)c(C(F)(F)F)c3)n2)n(C)c1=O.Cc1ncc(-c2cccc(NC(=O)Cn3cnc4c3c(=O)[nH]c(=O)n4C)n2)cc1C(F)(F)F. The van der Waals surface area contributed by atoms with E-state index in [4.69, 9.17) is 11.6 Å². The van der Waals surface area contributed by atoms with Gasteiger partial charge in [0, 0.05) is 74.3 Å². The third-order valence-corrected chi connectivity index (χ3v) is 11.3. The molecule has 2 amide bonds. The van der Waals surface area contributed by atoms with E-state index in [0.717, 1.165) is 25.8 Å². The van der Waals surface area contributed by atoms with E-state index in [9.17, 15) is 64.7 Å². The Bertz CT molecular complexity index is 3820. The van der Waals surface area contributed by atoms with Crippen LogP contribution in [0.2, 0.25) is 0 Å². The highest BCUT2D eigenvalue weighted by Crippen LogP contribution is 2.35. The van der Waals surface area contributed by atoms with Crippen LogP contribution in [0.15, 0.2) is 92.8 Å². The number of nitrogens with zero attached hydrogens (tertiary/aromatic N) is 11. The van der Waals surface area contributed by atoms with Crippen LogP contribution < -0.4 is 33.1 Å². The summed E-state index contributed by atoms with van der Waals surface area (Å²) in [4.78, 5) is 122. The number of hydrogen-bond donors (Lipinski definition) is 3. The Morgan fingerprint density at radius 1 is 0.649 bits per heavy atom. The van der Waals surface area contributed by atoms with E-state index in [1.165, 1.54) is 112 Å². The van der Waals surface area contributed by atoms with E-state index < -0.39 is 57.8 Å². The van der Waals surface area contributed by atoms with Crippen LogP contribution in [-0.2, 0) is 65.3 Å². The molecule has 0 aliphatic heterocycles. The number of carbonyl (C=O) groups excluding carboxylic acids is 4. The molecule has 404 valence electrons. The number of Topliss-reactive ketones (excluding diaryl/α,β-unsaturated/α-hetero) is 2. The number of fused-ring (bicyclic) bond motifs is 2. The van der Waals surface area contributed by atoms with Gasteiger partial charge in [-0.1, -0.05) is 12.1 Å². The van der Waals surface area contributed by atoms with Crippen molar-refractivity contribution in [3.8, 4) is 22.5 Å². The van der Waals surface area contributed by atoms with Gasteiger partial charge in [-0.15, -0.1) is 11.6 Å². The Kier molecular flexibility index (Phi) is 17.7. The van der Waals surface area contributed by atoms with Crippen LogP contribution in [0, 0.1) is 13.8 Å². The predicted octanol–water partition coefficient (Wildman–Crippen LogP) is 5.35. The lowest BCUT2D eigenvalue weighted by atomic mass is 10.1. The van der Waals surface area contributed by atoms with Crippen LogP contribution in [0.25, 0.3) is 44.8 Å². The molecule has 0 unspecified atom stereocenters. The van der Waals surface area contributed by atoms with E-state index in [1.807, 2.05) is 0 Å². The van der Waals surface area contributed by atoms with Crippen molar-refractivity contribution in [1.82, 2.24) is 57.7 Å². The summed E-state index contributed by atoms with van der Waals surface area (Å²) in [6.07, 6.45) is -3.64. The average Bonchev–Trinajstić information content (AvgIpc) is 4.00. The summed E-state index contributed by atoms with van der Waals surface area (Å²) in [5.74, 6) is -0.590. The third kappa shape index (κ3) is 13.9. The summed E-state index contributed by atoms with van der Waals surface area (Å²) in [6, 6.07) is 10.8. The van der Waals surface area contributed by atoms with E-state index in [0.29, 0.717) is 12.3 Å². The zero-order valence-electron chi connectivity index (χ0n) is 41.5. The molecule has 0 fully saturated rings. The van der Waals surface area contributed by atoms with Gasteiger partial charge in [-0.05, 0) is 64.1 Å². The fourth-order valence-electron chi connectivity index (χ4n) is 7.27. The number of anilines is 2. The van der Waals surface area contributed by atoms with Gasteiger partial charge in [0.25, 0.3) is 11.1 Å². The number of amides is 2. The summed E-state index contributed by atoms with van der Waals surface area (Å²) in [6.45, 7) is 4.60. The Balaban J connectivity index is 0.000000227. The molecule has 0 saturated heterocycles. The van der Waals surface area contributed by atoms with Crippen LogP contribution in [-0.4, -0.2) is 87.0 Å². The van der Waals surface area contributed by atoms with E-state index in [1.54, 1.807) is 0 Å². The molecular weight excluding hydrogens is 1050 g/mol. The normalized spacial score (nSPS) is 11.4. The highest BCUT2D eigenvalue weighted by Gasteiger charge is 2.34. The molecule has 8 heterocycles. The Labute approximate surface area is 434 Å². The van der Waals surface area contributed by atoms with Gasteiger partial charge in [0.2, 0.25) is 11.8 Å². The number of imidazole rings is 2. The van der Waals surface area contributed by atoms with Crippen LogP contribution in [0.4, 0.5) is 38.0 Å². The molecule has 0 aliphatic carbocycles. The molecule has 22 nitrogen and oxygen atoms in total. The molecule has 29 heteroatoms. The number of halogens is 7. The number of carbonyl (C=O) groups is 4. The molecule has 77 heavy (non-hydrogen) atoms. The number of nitrogens with one attached hydrogen (secondary N) is 3. The molecule has 0 aliphatic rings. The molecule has 3 N–H and O–H groups in total. The molecule has 0 saturated carbocycles. The van der Waals surface area contributed by atoms with Gasteiger partial charge >= 0.3 is 23.7 Å². The van der Waals surface area contributed by atoms with Gasteiger partial charge in [-0.2, -0.15) is 26.3 Å². The first kappa shape index (κ1) is 57.3. The lowest BCUT2D eigenvalue weighted by Crippen LogP contribution is -2.40. The second-order valence-corrected chi connectivity index (χ2v) is 17.3. The van der Waals surface area contributed by atoms with Crippen molar-refractivity contribution in [2.24, 2.45) is 14.1 Å². The number of alkyl halides is 7. The van der Waals surface area contributed by atoms with Crippen molar-refractivity contribution in [3.63, 3.8) is 0 Å². The first-order valence-corrected chi connectivity index (χ1v) is 23.2. The first-order chi connectivity index (χ1) is 36.2. The number of ketones is 2. The standard InChI is InChI=1S/C24H22F3N7O4.C20H16F3N7O3.C4H7ClO/c1-13(35)7-8-34-22(37)20-21(32(3)23(34)38)29-12-33(20)11-19(36)31-18-6-4-5-17(30-18)15-9-16(24(25,26)27)14(2)28-10-15;1-10-12(20(21,22)23)6-11(7-24-10)13-4-3-5-14(26-13)27-15(31)8-30-9-25-17-16(30)18(32)28-19(33)29(17)2;1-4(6)2-3-5/h4-6,9-10,12H,7-8,11H2,1-3H3,(H,30,31,36);3-7,9H,8H2,1-2H3,(H,26,27,31)(H,28,32,33);2-3H2,1H3. The zero-order chi connectivity index (χ0) is 56.7. The topological polar surface area (TPSA) is 278 Å². The van der Waals surface area contributed by atoms with Crippen LogP contribution in [0.5, 0.6) is 0 Å². The van der Waals surface area contributed by atoms with Gasteiger partial charge in [-0.3, -0.25) is 57.4 Å². The molecular formula is C48H45ClF6N14O8. The van der Waals surface area contributed by atoms with Crippen LogP contribution in [0.3, 0.4) is 0 Å². The molecule has 8 aromatic rings. The van der Waals surface area contributed by atoms with E-state index in [-0.39, 0.29) is 105 Å². The lowest BCUT2D eigenvalue weighted by molar-refractivity contribution is -0.139. The first-order valence-electron chi connectivity index (χ1n) is 22.6. The largest absolute Gasteiger partial charge is 0.418 e. The maximum absolute atomic E-state index is 13.3. The minimum Gasteiger partial charge on any atom is -0.315 e. The Morgan fingerprint density at radius 3 is 1.53 bits per heavy atom. The molecule has 8 rings (SSSR count). The van der Waals surface area contributed by atoms with Crippen molar-refractivity contribution in [1.29, 1.82) is 0 Å². The predicted molar refractivity (Wildman–Crippen MR) is 268 cm³/mol. The number of aryl methyl sites for hydroxylation is 4. The zero-order valence-corrected chi connectivity index (χ0v) is 42.3. The lowest BCUT2D eigenvalue weighted by Gasteiger charge is -2.12. The summed E-state index contributed by atoms with van der Waals surface area (Å²) >= 11 is 5.18. The van der Waals surface area contributed by atoms with Crippen molar-refractivity contribution in [2.75, 3.05) is 16.5 Å². The highest BCUT2D eigenvalue weighted by atomic mass is 35.5. The molecule has 0 spiro atoms. The van der Waals surface area contributed by atoms with Crippen molar-refractivity contribution < 1.29 is 45.5 Å². The van der Waals surface area contributed by atoms with Crippen LogP contribution in [0.1, 0.15) is 49.2 Å². The minimum absolute atomic E-state index is 0.00192. The summed E-state index contributed by atoms with van der Waals surface area (Å²) in [5, 5.41) is 5.08. The third-order valence-electron chi connectivity index (χ3n) is 11.1. The van der Waals surface area contributed by atoms with Gasteiger partial charge in [0.05, 0.1) is 35.2 Å². The highest BCUT2D eigenvalue weighted by molar-refractivity contribution is 6.18. The smallest absolute Gasteiger partial charge is 0.315 e. The van der Waals surface area contributed by atoms with Crippen molar-refractivity contribution in [3.05, 3.63) is 138 Å². The second-order valence-electron chi connectivity index (χ2n) is 16.9. The minimum atomic E-state index is -4.58. The van der Waals surface area contributed by atoms with Crippen LogP contribution >= 0.6 is 11.6 Å². The average molecular weight is 1100 g/mol. The monoisotopic (exact) mass is 1090 g/mol. The fourth-order valence-corrected chi connectivity index (χ4v) is 7.54. The second kappa shape index (κ2) is 23.7. The summed E-state index contributed by atoms with van der Waals surface area (Å²) < 4.78 is 85.2. The molecule has 0 atom stereocenters. The quantitative estimate of drug-likeness (QED) is 0.0970. The fraction of sp³-hybridized carbons (Fsp3) is 0.292. The number of H-pyrrole nitrogens is 1. The summed E-state index contributed by atoms with van der Waals surface area (Å²) in [5.41, 5.74) is -3.92. The molecule has 8 aromatic heterocycles. The maximum Gasteiger partial charge on any atom is 0.418 e.